The Morgan fingerprint density at radius 3 is 2.78 bits per heavy atom. The van der Waals surface area contributed by atoms with E-state index in [1.807, 2.05) is 0 Å². The van der Waals surface area contributed by atoms with Gasteiger partial charge in [-0.1, -0.05) is 25.8 Å². The third-order valence-electron chi connectivity index (χ3n) is 3.96. The molecule has 1 heterocycles. The average Bonchev–Trinajstić information content (AvgIpc) is 3.07. The van der Waals surface area contributed by atoms with Gasteiger partial charge in [0.15, 0.2) is 6.61 Å². The van der Waals surface area contributed by atoms with E-state index in [2.05, 4.69) is 17.6 Å². The summed E-state index contributed by atoms with van der Waals surface area (Å²) >= 11 is 1.29. The van der Waals surface area contributed by atoms with Gasteiger partial charge in [-0.3, -0.25) is 14.4 Å². The first kappa shape index (κ1) is 17.5. The number of hydrogen-bond acceptors (Lipinski definition) is 5. The minimum atomic E-state index is -0.623. The van der Waals surface area contributed by atoms with Gasteiger partial charge in [0, 0.05) is 6.04 Å². The molecule has 0 unspecified atom stereocenters. The smallest absolute Gasteiger partial charge is 0.325 e. The lowest BCUT2D eigenvalue weighted by atomic mass is 9.86. The quantitative estimate of drug-likeness (QED) is 0.774. The number of ether oxygens (including phenoxy) is 1. The van der Waals surface area contributed by atoms with Crippen molar-refractivity contribution >= 4 is 29.1 Å². The summed E-state index contributed by atoms with van der Waals surface area (Å²) < 4.78 is 4.89. The molecule has 1 fully saturated rings. The molecule has 1 aliphatic carbocycles. The van der Waals surface area contributed by atoms with Crippen molar-refractivity contribution in [2.45, 2.75) is 38.6 Å². The van der Waals surface area contributed by atoms with Gasteiger partial charge in [-0.2, -0.15) is 0 Å². The Hall–Kier alpha value is -1.89. The highest BCUT2D eigenvalue weighted by molar-refractivity contribution is 7.12. The highest BCUT2D eigenvalue weighted by Gasteiger charge is 2.23. The Kier molecular flexibility index (Phi) is 6.58. The fraction of sp³-hybridized carbons (Fsp3) is 0.562. The topological polar surface area (TPSA) is 84.5 Å². The number of amides is 2. The lowest BCUT2D eigenvalue weighted by Gasteiger charge is -2.29. The number of thiophene rings is 1. The first-order valence-electron chi connectivity index (χ1n) is 7.83. The zero-order valence-corrected chi connectivity index (χ0v) is 14.0. The van der Waals surface area contributed by atoms with E-state index in [9.17, 15) is 14.4 Å². The van der Waals surface area contributed by atoms with E-state index in [0.29, 0.717) is 10.8 Å². The third kappa shape index (κ3) is 5.67. The van der Waals surface area contributed by atoms with Crippen molar-refractivity contribution < 1.29 is 19.1 Å². The fourth-order valence-corrected chi connectivity index (χ4v) is 3.26. The fourth-order valence-electron chi connectivity index (χ4n) is 2.62. The molecule has 1 aliphatic rings. The second-order valence-corrected chi connectivity index (χ2v) is 6.70. The van der Waals surface area contributed by atoms with Crippen LogP contribution in [0.5, 0.6) is 0 Å². The molecule has 2 N–H and O–H groups in total. The largest absolute Gasteiger partial charge is 0.454 e. The minimum absolute atomic E-state index is 0.161. The number of carbonyl (C=O) groups is 3. The van der Waals surface area contributed by atoms with Crippen LogP contribution in [0, 0.1) is 5.92 Å². The van der Waals surface area contributed by atoms with E-state index in [4.69, 9.17) is 4.74 Å². The van der Waals surface area contributed by atoms with Crippen LogP contribution in [0.3, 0.4) is 0 Å². The predicted molar refractivity (Wildman–Crippen MR) is 87.2 cm³/mol. The monoisotopic (exact) mass is 338 g/mol. The van der Waals surface area contributed by atoms with Crippen molar-refractivity contribution in [3.05, 3.63) is 22.4 Å². The molecule has 0 saturated heterocycles. The van der Waals surface area contributed by atoms with E-state index in [-0.39, 0.29) is 31.0 Å². The molecule has 0 bridgehead atoms. The SMILES string of the molecule is C[C@H]1CCCC[C@H]1NC(=O)COC(=O)CNC(=O)c1cccs1. The third-order valence-corrected chi connectivity index (χ3v) is 4.83. The molecule has 126 valence electrons. The standard InChI is InChI=1S/C16H22N2O4S/c1-11-5-2-3-6-12(11)18-14(19)10-22-15(20)9-17-16(21)13-7-4-8-23-13/h4,7-8,11-12H,2-3,5-6,9-10H2,1H3,(H,17,21)(H,18,19)/t11-,12+/m0/s1. The first-order valence-corrected chi connectivity index (χ1v) is 8.71. The van der Waals surface area contributed by atoms with Crippen LogP contribution in [0.15, 0.2) is 17.5 Å². The number of nitrogens with one attached hydrogen (secondary N) is 2. The molecule has 2 atom stereocenters. The first-order chi connectivity index (χ1) is 11.1. The van der Waals surface area contributed by atoms with E-state index in [1.165, 1.54) is 17.8 Å². The van der Waals surface area contributed by atoms with Crippen molar-refractivity contribution in [1.82, 2.24) is 10.6 Å². The number of carbonyl (C=O) groups excluding carboxylic acids is 3. The summed E-state index contributed by atoms with van der Waals surface area (Å²) in [6, 6.07) is 3.59. The summed E-state index contributed by atoms with van der Waals surface area (Å²) in [7, 11) is 0. The van der Waals surface area contributed by atoms with Gasteiger partial charge >= 0.3 is 5.97 Å². The lowest BCUT2D eigenvalue weighted by Crippen LogP contribution is -2.43. The van der Waals surface area contributed by atoms with Gasteiger partial charge in [0.25, 0.3) is 11.8 Å². The molecule has 0 aromatic carbocycles. The molecule has 6 nitrogen and oxygen atoms in total. The minimum Gasteiger partial charge on any atom is -0.454 e. The van der Waals surface area contributed by atoms with Crippen LogP contribution in [-0.2, 0) is 14.3 Å². The van der Waals surface area contributed by atoms with Crippen LogP contribution in [0.25, 0.3) is 0 Å². The van der Waals surface area contributed by atoms with Gasteiger partial charge in [-0.25, -0.2) is 0 Å². The normalized spacial score (nSPS) is 20.6. The van der Waals surface area contributed by atoms with Crippen LogP contribution in [0.4, 0.5) is 0 Å². The highest BCUT2D eigenvalue weighted by Crippen LogP contribution is 2.23. The average molecular weight is 338 g/mol. The van der Waals surface area contributed by atoms with Crippen LogP contribution >= 0.6 is 11.3 Å². The van der Waals surface area contributed by atoms with Crippen molar-refractivity contribution in [2.75, 3.05) is 13.2 Å². The maximum Gasteiger partial charge on any atom is 0.325 e. The van der Waals surface area contributed by atoms with Crippen LogP contribution in [-0.4, -0.2) is 37.0 Å². The summed E-state index contributed by atoms with van der Waals surface area (Å²) in [4.78, 5) is 35.6. The van der Waals surface area contributed by atoms with E-state index < -0.39 is 5.97 Å². The Morgan fingerprint density at radius 2 is 2.09 bits per heavy atom. The van der Waals surface area contributed by atoms with E-state index >= 15 is 0 Å². The van der Waals surface area contributed by atoms with Crippen molar-refractivity contribution in [3.63, 3.8) is 0 Å². The van der Waals surface area contributed by atoms with Gasteiger partial charge in [-0.05, 0) is 30.2 Å². The van der Waals surface area contributed by atoms with Gasteiger partial charge in [0.1, 0.15) is 6.54 Å². The zero-order chi connectivity index (χ0) is 16.7. The summed E-state index contributed by atoms with van der Waals surface area (Å²) in [5.41, 5.74) is 0. The molecular weight excluding hydrogens is 316 g/mol. The summed E-state index contributed by atoms with van der Waals surface area (Å²) in [5, 5.41) is 7.15. The van der Waals surface area contributed by atoms with Crippen LogP contribution < -0.4 is 10.6 Å². The number of hydrogen-bond donors (Lipinski definition) is 2. The number of esters is 1. The van der Waals surface area contributed by atoms with Gasteiger partial charge in [0.05, 0.1) is 4.88 Å². The van der Waals surface area contributed by atoms with Gasteiger partial charge in [-0.15, -0.1) is 11.3 Å². The summed E-state index contributed by atoms with van der Waals surface area (Å²) in [6.07, 6.45) is 4.40. The van der Waals surface area contributed by atoms with Crippen LogP contribution in [0.2, 0.25) is 0 Å². The van der Waals surface area contributed by atoms with E-state index in [1.54, 1.807) is 17.5 Å². The lowest BCUT2D eigenvalue weighted by molar-refractivity contribution is -0.147. The molecular formula is C16H22N2O4S. The Labute approximate surface area is 139 Å². The maximum absolute atomic E-state index is 11.8. The summed E-state index contributed by atoms with van der Waals surface area (Å²) in [5.74, 6) is -0.783. The predicted octanol–water partition coefficient (Wildman–Crippen LogP) is 1.72. The van der Waals surface area contributed by atoms with Gasteiger partial charge < -0.3 is 15.4 Å². The molecule has 0 radical (unpaired) electrons. The molecule has 0 spiro atoms. The molecule has 23 heavy (non-hydrogen) atoms. The molecule has 1 aromatic rings. The molecule has 2 rings (SSSR count). The molecule has 1 aromatic heterocycles. The Bertz CT molecular complexity index is 544. The van der Waals surface area contributed by atoms with Crippen molar-refractivity contribution in [1.29, 1.82) is 0 Å². The van der Waals surface area contributed by atoms with Crippen LogP contribution in [0.1, 0.15) is 42.3 Å². The zero-order valence-electron chi connectivity index (χ0n) is 13.2. The van der Waals surface area contributed by atoms with E-state index in [0.717, 1.165) is 19.3 Å². The Morgan fingerprint density at radius 1 is 1.30 bits per heavy atom. The number of rotatable bonds is 6. The highest BCUT2D eigenvalue weighted by atomic mass is 32.1. The Balaban J connectivity index is 1.63. The van der Waals surface area contributed by atoms with Gasteiger partial charge in [0.2, 0.25) is 0 Å². The second-order valence-electron chi connectivity index (χ2n) is 5.76. The molecule has 0 aliphatic heterocycles. The summed E-state index contributed by atoms with van der Waals surface area (Å²) in [6.45, 7) is 1.57. The molecule has 1 saturated carbocycles. The molecule has 7 heteroatoms. The van der Waals surface area contributed by atoms with Crippen molar-refractivity contribution in [2.24, 2.45) is 5.92 Å². The van der Waals surface area contributed by atoms with Crippen molar-refractivity contribution in [3.8, 4) is 0 Å². The maximum atomic E-state index is 11.8. The molecule has 2 amide bonds. The second kappa shape index (κ2) is 8.67.